The van der Waals surface area contributed by atoms with Crippen LogP contribution in [-0.4, -0.2) is 16.0 Å². The second-order valence-electron chi connectivity index (χ2n) is 6.62. The molecule has 0 radical (unpaired) electrons. The average molecular weight is 365 g/mol. The lowest BCUT2D eigenvalue weighted by Crippen LogP contribution is -2.22. The molecule has 0 bridgehead atoms. The molecule has 1 amide bonds. The summed E-state index contributed by atoms with van der Waals surface area (Å²) in [4.78, 5) is 27.6. The van der Waals surface area contributed by atoms with Gasteiger partial charge in [-0.1, -0.05) is 30.6 Å². The highest BCUT2D eigenvalue weighted by atomic mass is 16.5. The largest absolute Gasteiger partial charge is 0.359 e. The highest BCUT2D eigenvalue weighted by Gasteiger charge is 2.11. The fourth-order valence-corrected chi connectivity index (χ4v) is 2.85. The summed E-state index contributed by atoms with van der Waals surface area (Å²) in [6.45, 7) is 6.14. The molecule has 0 fully saturated rings. The number of rotatable bonds is 6. The van der Waals surface area contributed by atoms with Crippen LogP contribution < -0.4 is 10.9 Å². The molecule has 2 N–H and O–H groups in total. The number of hydrogen-bond donors (Lipinski definition) is 2. The molecule has 27 heavy (non-hydrogen) atoms. The van der Waals surface area contributed by atoms with E-state index < -0.39 is 0 Å². The Morgan fingerprint density at radius 3 is 2.81 bits per heavy atom. The molecule has 2 heterocycles. The van der Waals surface area contributed by atoms with Crippen molar-refractivity contribution in [1.82, 2.24) is 15.5 Å². The first kappa shape index (κ1) is 18.6. The molecule has 140 valence electrons. The molecule has 3 rings (SSSR count). The maximum absolute atomic E-state index is 12.5. The van der Waals surface area contributed by atoms with Crippen LogP contribution in [0.5, 0.6) is 0 Å². The van der Waals surface area contributed by atoms with Gasteiger partial charge in [-0.25, -0.2) is 0 Å². The van der Waals surface area contributed by atoms with E-state index in [0.29, 0.717) is 22.5 Å². The van der Waals surface area contributed by atoms with Crippen LogP contribution in [0.2, 0.25) is 0 Å². The molecule has 6 nitrogen and oxygen atoms in total. The van der Waals surface area contributed by atoms with Crippen molar-refractivity contribution >= 4 is 5.91 Å². The van der Waals surface area contributed by atoms with Crippen LogP contribution in [0.4, 0.5) is 0 Å². The van der Waals surface area contributed by atoms with Crippen LogP contribution >= 0.6 is 0 Å². The lowest BCUT2D eigenvalue weighted by Gasteiger charge is -2.07. The first-order chi connectivity index (χ1) is 13.0. The van der Waals surface area contributed by atoms with Gasteiger partial charge < -0.3 is 14.8 Å². The van der Waals surface area contributed by atoms with E-state index in [0.717, 1.165) is 29.8 Å². The van der Waals surface area contributed by atoms with Gasteiger partial charge in [0.25, 0.3) is 11.5 Å². The zero-order valence-corrected chi connectivity index (χ0v) is 15.8. The van der Waals surface area contributed by atoms with E-state index in [1.54, 1.807) is 18.2 Å². The van der Waals surface area contributed by atoms with Crippen LogP contribution in [0, 0.1) is 13.8 Å². The maximum atomic E-state index is 12.5. The number of aromatic nitrogens is 2. The quantitative estimate of drug-likeness (QED) is 0.699. The van der Waals surface area contributed by atoms with Gasteiger partial charge in [-0.2, -0.15) is 0 Å². The van der Waals surface area contributed by atoms with Crippen LogP contribution in [0.25, 0.3) is 11.1 Å². The Hall–Kier alpha value is -3.15. The van der Waals surface area contributed by atoms with Crippen LogP contribution in [0.15, 0.2) is 45.7 Å². The van der Waals surface area contributed by atoms with Gasteiger partial charge in [0.2, 0.25) is 0 Å². The Labute approximate surface area is 157 Å². The first-order valence-electron chi connectivity index (χ1n) is 9.01. The predicted molar refractivity (Wildman–Crippen MR) is 104 cm³/mol. The minimum Gasteiger partial charge on any atom is -0.359 e. The van der Waals surface area contributed by atoms with Gasteiger partial charge in [-0.3, -0.25) is 9.59 Å². The number of carbonyl (C=O) groups is 1. The fraction of sp³-hybridized carbons (Fsp3) is 0.286. The molecule has 3 aromatic rings. The molecule has 0 aliphatic rings. The number of aryl methyl sites for hydroxylation is 3. The maximum Gasteiger partial charge on any atom is 0.256 e. The molecule has 6 heteroatoms. The molecule has 0 aliphatic carbocycles. The fourth-order valence-electron chi connectivity index (χ4n) is 2.85. The van der Waals surface area contributed by atoms with Crippen LogP contribution in [0.1, 0.15) is 46.4 Å². The number of carbonyl (C=O) groups excluding carboxylic acids is 1. The van der Waals surface area contributed by atoms with Crippen molar-refractivity contribution in [3.63, 3.8) is 0 Å². The van der Waals surface area contributed by atoms with Crippen molar-refractivity contribution in [1.29, 1.82) is 0 Å². The number of hydrogen-bond acceptors (Lipinski definition) is 4. The highest BCUT2D eigenvalue weighted by Crippen LogP contribution is 2.19. The molecule has 0 saturated heterocycles. The van der Waals surface area contributed by atoms with Crippen molar-refractivity contribution in [2.45, 2.75) is 40.2 Å². The summed E-state index contributed by atoms with van der Waals surface area (Å²) in [6.07, 6.45) is 1.84. The van der Waals surface area contributed by atoms with Gasteiger partial charge in [-0.05, 0) is 49.6 Å². The van der Waals surface area contributed by atoms with E-state index in [2.05, 4.69) is 22.4 Å². The molecule has 0 aliphatic heterocycles. The number of pyridine rings is 1. The van der Waals surface area contributed by atoms with Gasteiger partial charge in [0, 0.05) is 22.9 Å². The summed E-state index contributed by atoms with van der Waals surface area (Å²) in [5.74, 6) is 0.388. The van der Waals surface area contributed by atoms with Crippen LogP contribution in [-0.2, 0) is 13.0 Å². The summed E-state index contributed by atoms with van der Waals surface area (Å²) in [6, 6.07) is 10.7. The minimum atomic E-state index is -0.231. The normalized spacial score (nSPS) is 10.8. The van der Waals surface area contributed by atoms with E-state index in [-0.39, 0.29) is 18.0 Å². The van der Waals surface area contributed by atoms with E-state index in [4.69, 9.17) is 4.52 Å². The molecule has 1 aromatic carbocycles. The summed E-state index contributed by atoms with van der Waals surface area (Å²) in [5, 5.41) is 6.80. The number of H-pyrrole nitrogens is 1. The monoisotopic (exact) mass is 365 g/mol. The lowest BCUT2D eigenvalue weighted by atomic mass is 10.0. The van der Waals surface area contributed by atoms with Crippen molar-refractivity contribution in [3.8, 4) is 11.1 Å². The molecular weight excluding hydrogens is 342 g/mol. The molecule has 0 spiro atoms. The molecule has 0 atom stereocenters. The third-order valence-electron chi connectivity index (χ3n) is 4.47. The van der Waals surface area contributed by atoms with Gasteiger partial charge in [0.1, 0.15) is 0 Å². The lowest BCUT2D eigenvalue weighted by molar-refractivity contribution is 0.0947. The Kier molecular flexibility index (Phi) is 5.54. The van der Waals surface area contributed by atoms with Gasteiger partial charge >= 0.3 is 0 Å². The van der Waals surface area contributed by atoms with Gasteiger partial charge in [0.05, 0.1) is 12.2 Å². The highest BCUT2D eigenvalue weighted by molar-refractivity contribution is 5.95. The molecular formula is C21H23N3O3. The topological polar surface area (TPSA) is 88.0 Å². The van der Waals surface area contributed by atoms with Crippen molar-refractivity contribution in [3.05, 3.63) is 75.0 Å². The first-order valence-corrected chi connectivity index (χ1v) is 9.01. The number of aromatic amines is 1. The number of benzene rings is 1. The number of amides is 1. The zero-order chi connectivity index (χ0) is 19.4. The minimum absolute atomic E-state index is 0.166. The second kappa shape index (κ2) is 8.03. The van der Waals surface area contributed by atoms with E-state index in [9.17, 15) is 9.59 Å². The van der Waals surface area contributed by atoms with E-state index in [1.807, 2.05) is 32.0 Å². The summed E-state index contributed by atoms with van der Waals surface area (Å²) < 4.78 is 5.23. The van der Waals surface area contributed by atoms with Gasteiger partial charge in [-0.15, -0.1) is 0 Å². The van der Waals surface area contributed by atoms with Crippen molar-refractivity contribution < 1.29 is 9.32 Å². The van der Waals surface area contributed by atoms with E-state index >= 15 is 0 Å². The van der Waals surface area contributed by atoms with Gasteiger partial charge in [0.15, 0.2) is 5.76 Å². The number of nitrogens with one attached hydrogen (secondary N) is 2. The Morgan fingerprint density at radius 2 is 2.04 bits per heavy atom. The molecule has 0 saturated carbocycles. The summed E-state index contributed by atoms with van der Waals surface area (Å²) >= 11 is 0. The SMILES string of the molecule is CCCc1cc(CNC(=O)c2cccc(-c3cc(C)c(C)[nH]c3=O)c2)on1. The third kappa shape index (κ3) is 4.34. The standard InChI is InChI=1S/C21H23N3O3/c1-4-6-17-11-18(27-24-17)12-22-20(25)16-8-5-7-15(10-16)19-9-13(2)14(3)23-21(19)26/h5,7-11H,4,6,12H2,1-3H3,(H,22,25)(H,23,26). The van der Waals surface area contributed by atoms with E-state index in [1.165, 1.54) is 0 Å². The van der Waals surface area contributed by atoms with Crippen molar-refractivity contribution in [2.75, 3.05) is 0 Å². The molecule has 2 aromatic heterocycles. The average Bonchev–Trinajstić information content (AvgIpc) is 3.10. The Bertz CT molecular complexity index is 1020. The third-order valence-corrected chi connectivity index (χ3v) is 4.47. The Morgan fingerprint density at radius 1 is 1.22 bits per heavy atom. The zero-order valence-electron chi connectivity index (χ0n) is 15.8. The summed E-state index contributed by atoms with van der Waals surface area (Å²) in [7, 11) is 0. The smallest absolute Gasteiger partial charge is 0.256 e. The van der Waals surface area contributed by atoms with Crippen LogP contribution in [0.3, 0.4) is 0 Å². The Balaban J connectivity index is 1.75. The van der Waals surface area contributed by atoms with Crippen molar-refractivity contribution in [2.24, 2.45) is 0 Å². The molecule has 0 unspecified atom stereocenters. The summed E-state index contributed by atoms with van der Waals surface area (Å²) in [5.41, 5.74) is 4.29. The predicted octanol–water partition coefficient (Wildman–Crippen LogP) is 3.53. The number of nitrogens with zero attached hydrogens (tertiary/aromatic N) is 1. The second-order valence-corrected chi connectivity index (χ2v) is 6.62.